The average molecular weight is 354 g/mol. The molecule has 6 unspecified atom stereocenters. The van der Waals surface area contributed by atoms with Crippen molar-refractivity contribution < 1.29 is 29.5 Å². The Morgan fingerprint density at radius 2 is 1.48 bits per heavy atom. The van der Waals surface area contributed by atoms with Gasteiger partial charge in [-0.15, -0.1) is 0 Å². The van der Waals surface area contributed by atoms with E-state index in [-0.39, 0.29) is 24.9 Å². The minimum absolute atomic E-state index is 0.0865. The van der Waals surface area contributed by atoms with Crippen LogP contribution in [-0.4, -0.2) is 65.2 Å². The number of benzene rings is 1. The van der Waals surface area contributed by atoms with Crippen LogP contribution in [0.5, 0.6) is 0 Å². The van der Waals surface area contributed by atoms with Crippen molar-refractivity contribution in [3.05, 3.63) is 35.9 Å². The third-order valence-corrected chi connectivity index (χ3v) is 4.42. The molecule has 6 heteroatoms. The quantitative estimate of drug-likeness (QED) is 0.757. The molecule has 2 aliphatic rings. The van der Waals surface area contributed by atoms with Crippen LogP contribution in [0.15, 0.2) is 30.3 Å². The summed E-state index contributed by atoms with van der Waals surface area (Å²) in [6.45, 7) is 5.13. The lowest BCUT2D eigenvalue weighted by Crippen LogP contribution is -2.41. The highest BCUT2D eigenvalue weighted by atomic mass is 16.6. The molecule has 0 bridgehead atoms. The van der Waals surface area contributed by atoms with Gasteiger partial charge in [0, 0.05) is 12.8 Å². The Kier molecular flexibility index (Phi) is 8.29. The van der Waals surface area contributed by atoms with Gasteiger partial charge in [-0.25, -0.2) is 0 Å². The molecule has 25 heavy (non-hydrogen) atoms. The number of ether oxygens (including phenoxy) is 3. The first-order chi connectivity index (χ1) is 12.0. The van der Waals surface area contributed by atoms with Gasteiger partial charge >= 0.3 is 0 Å². The fourth-order valence-electron chi connectivity index (χ4n) is 2.81. The standard InChI is InChI=1S/C13H18O3.C6H12O3/c1-10-7-12(14)13(9-15-10)16-8-11-5-3-2-4-6-11;1-4-2-5(7)6(8)3-9-4/h2-6,10,12-14H,7-9H2,1H3;4-8H,2-3H2,1H3. The summed E-state index contributed by atoms with van der Waals surface area (Å²) in [4.78, 5) is 0. The summed E-state index contributed by atoms with van der Waals surface area (Å²) in [5.41, 5.74) is 1.12. The van der Waals surface area contributed by atoms with Crippen LogP contribution in [0.2, 0.25) is 0 Å². The van der Waals surface area contributed by atoms with E-state index in [4.69, 9.17) is 24.4 Å². The molecule has 0 amide bonds. The van der Waals surface area contributed by atoms with Crippen LogP contribution < -0.4 is 0 Å². The Bertz CT molecular complexity index is 482. The van der Waals surface area contributed by atoms with Crippen molar-refractivity contribution in [2.75, 3.05) is 13.2 Å². The SMILES string of the molecule is CC1CC(O)C(O)CO1.CC1CC(O)C(OCc2ccccc2)CO1. The monoisotopic (exact) mass is 354 g/mol. The molecule has 3 rings (SSSR count). The van der Waals surface area contributed by atoms with Crippen molar-refractivity contribution in [3.8, 4) is 0 Å². The van der Waals surface area contributed by atoms with Crippen LogP contribution in [0.3, 0.4) is 0 Å². The van der Waals surface area contributed by atoms with Gasteiger partial charge in [-0.1, -0.05) is 30.3 Å². The highest BCUT2D eigenvalue weighted by molar-refractivity contribution is 5.13. The number of rotatable bonds is 3. The first-order valence-corrected chi connectivity index (χ1v) is 8.88. The van der Waals surface area contributed by atoms with Gasteiger partial charge in [0.25, 0.3) is 0 Å². The minimum Gasteiger partial charge on any atom is -0.390 e. The zero-order valence-corrected chi connectivity index (χ0v) is 15.0. The molecule has 0 aromatic heterocycles. The topological polar surface area (TPSA) is 88.4 Å². The van der Waals surface area contributed by atoms with Gasteiger partial charge in [-0.2, -0.15) is 0 Å². The van der Waals surface area contributed by atoms with Crippen molar-refractivity contribution in [1.29, 1.82) is 0 Å². The number of aliphatic hydroxyl groups is 3. The van der Waals surface area contributed by atoms with Gasteiger partial charge in [-0.3, -0.25) is 0 Å². The Balaban J connectivity index is 0.000000212. The van der Waals surface area contributed by atoms with E-state index in [9.17, 15) is 5.11 Å². The van der Waals surface area contributed by atoms with E-state index >= 15 is 0 Å². The van der Waals surface area contributed by atoms with E-state index in [2.05, 4.69) is 0 Å². The maximum atomic E-state index is 9.81. The average Bonchev–Trinajstić information content (AvgIpc) is 2.59. The second kappa shape index (κ2) is 10.2. The lowest BCUT2D eigenvalue weighted by Gasteiger charge is -2.31. The highest BCUT2D eigenvalue weighted by Crippen LogP contribution is 2.18. The molecule has 2 heterocycles. The fraction of sp³-hybridized carbons (Fsp3) is 0.684. The van der Waals surface area contributed by atoms with E-state index in [1.807, 2.05) is 44.2 Å². The molecule has 1 aromatic carbocycles. The van der Waals surface area contributed by atoms with Crippen LogP contribution in [0.25, 0.3) is 0 Å². The van der Waals surface area contributed by atoms with Crippen LogP contribution in [-0.2, 0) is 20.8 Å². The Morgan fingerprint density at radius 1 is 0.880 bits per heavy atom. The minimum atomic E-state index is -0.679. The molecule has 0 radical (unpaired) electrons. The summed E-state index contributed by atoms with van der Waals surface area (Å²) in [6, 6.07) is 9.96. The summed E-state index contributed by atoms with van der Waals surface area (Å²) in [5, 5.41) is 27.8. The van der Waals surface area contributed by atoms with E-state index in [0.29, 0.717) is 26.1 Å². The molecule has 0 spiro atoms. The van der Waals surface area contributed by atoms with Crippen LogP contribution >= 0.6 is 0 Å². The predicted molar refractivity (Wildman–Crippen MR) is 93.1 cm³/mol. The van der Waals surface area contributed by atoms with Gasteiger partial charge in [-0.05, 0) is 19.4 Å². The zero-order chi connectivity index (χ0) is 18.2. The van der Waals surface area contributed by atoms with Gasteiger partial charge in [0.2, 0.25) is 0 Å². The van der Waals surface area contributed by atoms with Crippen LogP contribution in [0.4, 0.5) is 0 Å². The molecule has 2 saturated heterocycles. The molecule has 142 valence electrons. The summed E-state index contributed by atoms with van der Waals surface area (Å²) in [7, 11) is 0. The molecule has 2 fully saturated rings. The van der Waals surface area contributed by atoms with Crippen molar-refractivity contribution in [1.82, 2.24) is 0 Å². The number of hydrogen-bond acceptors (Lipinski definition) is 6. The molecule has 0 saturated carbocycles. The lowest BCUT2D eigenvalue weighted by molar-refractivity contribution is -0.145. The lowest BCUT2D eigenvalue weighted by atomic mass is 10.0. The third-order valence-electron chi connectivity index (χ3n) is 4.42. The smallest absolute Gasteiger partial charge is 0.107 e. The molecule has 3 N–H and O–H groups in total. The second-order valence-corrected chi connectivity index (χ2v) is 6.80. The maximum Gasteiger partial charge on any atom is 0.107 e. The van der Waals surface area contributed by atoms with E-state index < -0.39 is 18.3 Å². The fourth-order valence-corrected chi connectivity index (χ4v) is 2.81. The molecule has 6 nitrogen and oxygen atoms in total. The third kappa shape index (κ3) is 7.01. The van der Waals surface area contributed by atoms with Crippen molar-refractivity contribution in [2.24, 2.45) is 0 Å². The van der Waals surface area contributed by atoms with Crippen molar-refractivity contribution >= 4 is 0 Å². The number of aliphatic hydroxyl groups excluding tert-OH is 3. The summed E-state index contributed by atoms with van der Waals surface area (Å²) < 4.78 is 16.2. The first-order valence-electron chi connectivity index (χ1n) is 8.88. The van der Waals surface area contributed by atoms with Gasteiger partial charge in [0.15, 0.2) is 0 Å². The van der Waals surface area contributed by atoms with E-state index in [1.165, 1.54) is 0 Å². The normalized spacial score (nSPS) is 35.6. The Labute approximate surface area is 149 Å². The number of hydrogen-bond donors (Lipinski definition) is 3. The molecular formula is C19H30O6. The van der Waals surface area contributed by atoms with Gasteiger partial charge in [0.05, 0.1) is 44.2 Å². The van der Waals surface area contributed by atoms with Crippen molar-refractivity contribution in [3.63, 3.8) is 0 Å². The molecule has 6 atom stereocenters. The molecule has 2 aliphatic heterocycles. The van der Waals surface area contributed by atoms with E-state index in [0.717, 1.165) is 5.56 Å². The molecule has 1 aromatic rings. The second-order valence-electron chi connectivity index (χ2n) is 6.80. The molecular weight excluding hydrogens is 324 g/mol. The van der Waals surface area contributed by atoms with Crippen LogP contribution in [0, 0.1) is 0 Å². The van der Waals surface area contributed by atoms with E-state index in [1.54, 1.807) is 0 Å². The largest absolute Gasteiger partial charge is 0.390 e. The van der Waals surface area contributed by atoms with Crippen LogP contribution in [0.1, 0.15) is 32.3 Å². The van der Waals surface area contributed by atoms with Crippen molar-refractivity contribution in [2.45, 2.75) is 69.9 Å². The summed E-state index contributed by atoms with van der Waals surface area (Å²) in [5.74, 6) is 0. The Morgan fingerprint density at radius 3 is 2.04 bits per heavy atom. The predicted octanol–water partition coefficient (Wildman–Crippen LogP) is 1.26. The molecule has 0 aliphatic carbocycles. The summed E-state index contributed by atoms with van der Waals surface area (Å²) in [6.07, 6.45) is -0.463. The van der Waals surface area contributed by atoms with Gasteiger partial charge < -0.3 is 29.5 Å². The maximum absolute atomic E-state index is 9.81. The highest BCUT2D eigenvalue weighted by Gasteiger charge is 2.28. The zero-order valence-electron chi connectivity index (χ0n) is 15.0. The van der Waals surface area contributed by atoms with Gasteiger partial charge in [0.1, 0.15) is 12.2 Å². The Hall–Kier alpha value is -1.02. The summed E-state index contributed by atoms with van der Waals surface area (Å²) >= 11 is 0. The first kappa shape index (κ1) is 20.3.